The first-order valence-corrected chi connectivity index (χ1v) is 2.98. The molecule has 0 saturated carbocycles. The molecule has 6 nitrogen and oxygen atoms in total. The van der Waals surface area contributed by atoms with E-state index in [4.69, 9.17) is 11.5 Å². The van der Waals surface area contributed by atoms with E-state index in [-0.39, 0.29) is 11.5 Å². The molecule has 6 heteroatoms. The fourth-order valence-electron chi connectivity index (χ4n) is 0.618. The summed E-state index contributed by atoms with van der Waals surface area (Å²) < 4.78 is 0. The van der Waals surface area contributed by atoms with Gasteiger partial charge in [0.1, 0.15) is 5.69 Å². The Morgan fingerprint density at radius 1 is 1.55 bits per heavy atom. The second-order valence-corrected chi connectivity index (χ2v) is 1.96. The predicted molar refractivity (Wildman–Crippen MR) is 43.2 cm³/mol. The number of nitrogen functional groups attached to an aromatic ring is 2. The molecular weight excluding hydrogens is 146 g/mol. The molecule has 0 unspecified atom stereocenters. The van der Waals surface area contributed by atoms with E-state index in [0.29, 0.717) is 5.95 Å². The lowest BCUT2D eigenvalue weighted by molar-refractivity contribution is 1.12. The molecule has 0 radical (unpaired) electrons. The van der Waals surface area contributed by atoms with Crippen LogP contribution < -0.4 is 22.3 Å². The van der Waals surface area contributed by atoms with Gasteiger partial charge < -0.3 is 16.8 Å². The SMILES string of the molecule is CNc1nc(N)c(N)c(=O)[nH]1. The lowest BCUT2D eigenvalue weighted by Crippen LogP contribution is -2.17. The van der Waals surface area contributed by atoms with Gasteiger partial charge in [0.15, 0.2) is 5.82 Å². The highest BCUT2D eigenvalue weighted by Crippen LogP contribution is 2.04. The molecule has 0 aliphatic carbocycles. The van der Waals surface area contributed by atoms with Crippen LogP contribution in [0.5, 0.6) is 0 Å². The van der Waals surface area contributed by atoms with Crippen LogP contribution in [0.3, 0.4) is 0 Å². The molecular formula is C5H9N5O. The Morgan fingerprint density at radius 3 is 2.64 bits per heavy atom. The van der Waals surface area contributed by atoms with Crippen molar-refractivity contribution in [1.82, 2.24) is 9.97 Å². The monoisotopic (exact) mass is 155 g/mol. The molecule has 0 bridgehead atoms. The summed E-state index contributed by atoms with van der Waals surface area (Å²) in [5.74, 6) is 0.347. The normalized spacial score (nSPS) is 9.55. The minimum atomic E-state index is -0.429. The van der Waals surface area contributed by atoms with E-state index >= 15 is 0 Å². The first-order valence-electron chi connectivity index (χ1n) is 2.98. The Hall–Kier alpha value is -1.72. The maximum atomic E-state index is 10.9. The van der Waals surface area contributed by atoms with Gasteiger partial charge in [-0.05, 0) is 0 Å². The third-order valence-corrected chi connectivity index (χ3v) is 1.22. The molecule has 0 aliphatic heterocycles. The molecule has 1 heterocycles. The minimum absolute atomic E-state index is 0.0399. The van der Waals surface area contributed by atoms with Crippen LogP contribution in [0.1, 0.15) is 0 Å². The van der Waals surface area contributed by atoms with Crippen molar-refractivity contribution in [3.05, 3.63) is 10.4 Å². The van der Waals surface area contributed by atoms with Crippen molar-refractivity contribution >= 4 is 17.5 Å². The van der Waals surface area contributed by atoms with Gasteiger partial charge in [-0.25, -0.2) is 0 Å². The van der Waals surface area contributed by atoms with Gasteiger partial charge in [-0.15, -0.1) is 0 Å². The van der Waals surface area contributed by atoms with Gasteiger partial charge >= 0.3 is 0 Å². The van der Waals surface area contributed by atoms with Crippen LogP contribution in [0.25, 0.3) is 0 Å². The van der Waals surface area contributed by atoms with Crippen LogP contribution in [0.15, 0.2) is 4.79 Å². The van der Waals surface area contributed by atoms with Crippen LogP contribution >= 0.6 is 0 Å². The second kappa shape index (κ2) is 2.49. The van der Waals surface area contributed by atoms with Crippen LogP contribution in [-0.4, -0.2) is 17.0 Å². The molecule has 0 saturated heterocycles. The number of aromatic amines is 1. The van der Waals surface area contributed by atoms with Crippen molar-refractivity contribution in [2.24, 2.45) is 0 Å². The van der Waals surface area contributed by atoms with Crippen molar-refractivity contribution in [3.63, 3.8) is 0 Å². The number of nitrogens with one attached hydrogen (secondary N) is 2. The topological polar surface area (TPSA) is 110 Å². The molecule has 0 spiro atoms. The summed E-state index contributed by atoms with van der Waals surface area (Å²) in [5, 5.41) is 2.63. The Bertz CT molecular complexity index is 317. The smallest absolute Gasteiger partial charge is 0.277 e. The highest BCUT2D eigenvalue weighted by Gasteiger charge is 2.02. The molecule has 1 aromatic heterocycles. The Morgan fingerprint density at radius 2 is 2.18 bits per heavy atom. The standard InChI is InChI=1S/C5H9N5O/c1-8-5-9-3(7)2(6)4(11)10-5/h6H2,1H3,(H4,7,8,9,10,11). The number of rotatable bonds is 1. The summed E-state index contributed by atoms with van der Waals surface area (Å²) in [7, 11) is 1.62. The van der Waals surface area contributed by atoms with E-state index in [0.717, 1.165) is 0 Å². The van der Waals surface area contributed by atoms with Gasteiger partial charge in [0.2, 0.25) is 5.95 Å². The summed E-state index contributed by atoms with van der Waals surface area (Å²) in [4.78, 5) is 17.0. The van der Waals surface area contributed by atoms with Gasteiger partial charge in [0.25, 0.3) is 5.56 Å². The first-order chi connectivity index (χ1) is 5.15. The highest BCUT2D eigenvalue weighted by molar-refractivity contribution is 5.58. The largest absolute Gasteiger partial charge is 0.391 e. The van der Waals surface area contributed by atoms with Crippen molar-refractivity contribution in [2.75, 3.05) is 23.8 Å². The van der Waals surface area contributed by atoms with E-state index in [1.165, 1.54) is 0 Å². The molecule has 6 N–H and O–H groups in total. The molecule has 60 valence electrons. The number of hydrogen-bond donors (Lipinski definition) is 4. The molecule has 0 aliphatic rings. The quantitative estimate of drug-likeness (QED) is 0.414. The molecule has 11 heavy (non-hydrogen) atoms. The van der Waals surface area contributed by atoms with Crippen LogP contribution in [0.4, 0.5) is 17.5 Å². The van der Waals surface area contributed by atoms with E-state index in [1.54, 1.807) is 7.05 Å². The van der Waals surface area contributed by atoms with Gasteiger partial charge in [0.05, 0.1) is 0 Å². The molecule has 0 aromatic carbocycles. The van der Waals surface area contributed by atoms with Crippen molar-refractivity contribution in [3.8, 4) is 0 Å². The van der Waals surface area contributed by atoms with Gasteiger partial charge in [-0.1, -0.05) is 0 Å². The number of H-pyrrole nitrogens is 1. The third-order valence-electron chi connectivity index (χ3n) is 1.22. The summed E-state index contributed by atoms with van der Waals surface area (Å²) in [5.41, 5.74) is 10.1. The number of nitrogens with zero attached hydrogens (tertiary/aromatic N) is 1. The van der Waals surface area contributed by atoms with Gasteiger partial charge in [-0.2, -0.15) is 4.98 Å². The number of aromatic nitrogens is 2. The summed E-state index contributed by atoms with van der Waals surface area (Å²) in [6.07, 6.45) is 0. The zero-order valence-corrected chi connectivity index (χ0v) is 6.01. The van der Waals surface area contributed by atoms with Crippen molar-refractivity contribution < 1.29 is 0 Å². The molecule has 0 atom stereocenters. The molecule has 0 amide bonds. The van der Waals surface area contributed by atoms with E-state index in [2.05, 4.69) is 15.3 Å². The number of hydrogen-bond acceptors (Lipinski definition) is 5. The molecule has 1 rings (SSSR count). The Kier molecular flexibility index (Phi) is 1.67. The fraction of sp³-hybridized carbons (Fsp3) is 0.200. The van der Waals surface area contributed by atoms with E-state index in [1.807, 2.05) is 0 Å². The minimum Gasteiger partial charge on any atom is -0.391 e. The van der Waals surface area contributed by atoms with E-state index < -0.39 is 5.56 Å². The second-order valence-electron chi connectivity index (χ2n) is 1.96. The lowest BCUT2D eigenvalue weighted by Gasteiger charge is -2.00. The van der Waals surface area contributed by atoms with Gasteiger partial charge in [-0.3, -0.25) is 9.78 Å². The van der Waals surface area contributed by atoms with Crippen LogP contribution in [0, 0.1) is 0 Å². The lowest BCUT2D eigenvalue weighted by atomic mass is 10.5. The Balaban J connectivity index is 3.32. The number of nitrogens with two attached hydrogens (primary N) is 2. The van der Waals surface area contributed by atoms with Gasteiger partial charge in [0, 0.05) is 7.05 Å². The predicted octanol–water partition coefficient (Wildman–Crippen LogP) is -1.02. The van der Waals surface area contributed by atoms with Crippen molar-refractivity contribution in [2.45, 2.75) is 0 Å². The summed E-state index contributed by atoms with van der Waals surface area (Å²) in [6, 6.07) is 0. The van der Waals surface area contributed by atoms with Crippen LogP contribution in [0.2, 0.25) is 0 Å². The average molecular weight is 155 g/mol. The zero-order valence-electron chi connectivity index (χ0n) is 6.01. The van der Waals surface area contributed by atoms with Crippen LogP contribution in [-0.2, 0) is 0 Å². The maximum absolute atomic E-state index is 10.9. The molecule has 1 aromatic rings. The Labute approximate surface area is 62.6 Å². The fourth-order valence-corrected chi connectivity index (χ4v) is 0.618. The third kappa shape index (κ3) is 1.23. The first kappa shape index (κ1) is 7.39. The maximum Gasteiger partial charge on any atom is 0.277 e. The zero-order chi connectivity index (χ0) is 8.43. The number of anilines is 3. The summed E-state index contributed by atoms with van der Waals surface area (Å²) >= 11 is 0. The highest BCUT2D eigenvalue weighted by atomic mass is 16.1. The average Bonchev–Trinajstić information content (AvgIpc) is 1.99. The summed E-state index contributed by atoms with van der Waals surface area (Å²) in [6.45, 7) is 0. The van der Waals surface area contributed by atoms with Crippen molar-refractivity contribution in [1.29, 1.82) is 0 Å². The molecule has 0 fully saturated rings. The van der Waals surface area contributed by atoms with E-state index in [9.17, 15) is 4.79 Å².